The molecular weight excluding hydrogens is 210 g/mol. The highest BCUT2D eigenvalue weighted by atomic mass is 16.3. The predicted octanol–water partition coefficient (Wildman–Crippen LogP) is 3.37. The highest BCUT2D eigenvalue weighted by Crippen LogP contribution is 2.31. The van der Waals surface area contributed by atoms with Gasteiger partial charge in [0.15, 0.2) is 0 Å². The molecule has 1 heterocycles. The van der Waals surface area contributed by atoms with E-state index in [0.29, 0.717) is 0 Å². The fourth-order valence-electron chi connectivity index (χ4n) is 2.82. The van der Waals surface area contributed by atoms with Crippen molar-refractivity contribution in [3.63, 3.8) is 0 Å². The molecule has 1 aliphatic rings. The van der Waals surface area contributed by atoms with Crippen LogP contribution in [0, 0.1) is 5.92 Å². The highest BCUT2D eigenvalue weighted by molar-refractivity contribution is 5.55. The molecule has 1 aliphatic heterocycles. The molecule has 0 aromatic heterocycles. The Labute approximate surface area is 104 Å². The lowest BCUT2D eigenvalue weighted by molar-refractivity contribution is 0.199. The van der Waals surface area contributed by atoms with Gasteiger partial charge in [0, 0.05) is 24.3 Å². The normalized spacial score (nSPS) is 21.8. The van der Waals surface area contributed by atoms with Gasteiger partial charge in [-0.15, -0.1) is 0 Å². The van der Waals surface area contributed by atoms with Crippen molar-refractivity contribution in [2.45, 2.75) is 39.2 Å². The van der Waals surface area contributed by atoms with Gasteiger partial charge in [0.25, 0.3) is 0 Å². The topological polar surface area (TPSA) is 23.5 Å². The summed E-state index contributed by atoms with van der Waals surface area (Å²) in [5.41, 5.74) is 2.28. The zero-order chi connectivity index (χ0) is 12.3. The van der Waals surface area contributed by atoms with Gasteiger partial charge in [-0.05, 0) is 31.7 Å². The van der Waals surface area contributed by atoms with Crippen molar-refractivity contribution in [3.05, 3.63) is 29.8 Å². The standard InChI is InChI=1S/C15H23NO/c1-3-6-13-9-10-16(11-13)15-8-5-4-7-14(15)12(2)17/h4-5,7-8,12-13,17H,3,6,9-11H2,1-2H3. The summed E-state index contributed by atoms with van der Waals surface area (Å²) in [5, 5.41) is 9.81. The van der Waals surface area contributed by atoms with Gasteiger partial charge in [-0.3, -0.25) is 0 Å². The van der Waals surface area contributed by atoms with Gasteiger partial charge in [0.1, 0.15) is 0 Å². The third kappa shape index (κ3) is 2.81. The fraction of sp³-hybridized carbons (Fsp3) is 0.600. The summed E-state index contributed by atoms with van der Waals surface area (Å²) in [5.74, 6) is 0.835. The summed E-state index contributed by atoms with van der Waals surface area (Å²) in [7, 11) is 0. The Kier molecular flexibility index (Phi) is 4.06. The molecule has 94 valence electrons. The van der Waals surface area contributed by atoms with Crippen molar-refractivity contribution in [1.82, 2.24) is 0 Å². The summed E-state index contributed by atoms with van der Waals surface area (Å²) in [4.78, 5) is 2.43. The quantitative estimate of drug-likeness (QED) is 0.862. The zero-order valence-corrected chi connectivity index (χ0v) is 10.9. The first-order valence-electron chi connectivity index (χ1n) is 6.74. The van der Waals surface area contributed by atoms with Gasteiger partial charge >= 0.3 is 0 Å². The Morgan fingerprint density at radius 1 is 1.41 bits per heavy atom. The maximum Gasteiger partial charge on any atom is 0.0781 e. The van der Waals surface area contributed by atoms with E-state index in [1.54, 1.807) is 0 Å². The third-order valence-corrected chi connectivity index (χ3v) is 3.71. The number of aliphatic hydroxyl groups is 1. The molecule has 0 aliphatic carbocycles. The van der Waals surface area contributed by atoms with Crippen LogP contribution in [0.1, 0.15) is 44.8 Å². The van der Waals surface area contributed by atoms with E-state index in [0.717, 1.165) is 24.6 Å². The van der Waals surface area contributed by atoms with E-state index in [-0.39, 0.29) is 6.10 Å². The Bertz CT molecular complexity index is 362. The van der Waals surface area contributed by atoms with Gasteiger partial charge in [-0.1, -0.05) is 31.5 Å². The molecule has 2 unspecified atom stereocenters. The molecular formula is C15H23NO. The molecule has 1 N–H and O–H groups in total. The SMILES string of the molecule is CCCC1CCN(c2ccccc2C(C)O)C1. The van der Waals surface area contributed by atoms with Gasteiger partial charge in [-0.25, -0.2) is 0 Å². The number of anilines is 1. The Balaban J connectivity index is 2.13. The Hall–Kier alpha value is -1.02. The average molecular weight is 233 g/mol. The van der Waals surface area contributed by atoms with Crippen LogP contribution in [0.25, 0.3) is 0 Å². The first-order chi connectivity index (χ1) is 8.22. The number of hydrogen-bond donors (Lipinski definition) is 1. The minimum Gasteiger partial charge on any atom is -0.389 e. The molecule has 0 radical (unpaired) electrons. The molecule has 17 heavy (non-hydrogen) atoms. The van der Waals surface area contributed by atoms with Crippen molar-refractivity contribution in [2.75, 3.05) is 18.0 Å². The molecule has 1 saturated heterocycles. The molecule has 0 saturated carbocycles. The van der Waals surface area contributed by atoms with E-state index >= 15 is 0 Å². The molecule has 0 amide bonds. The van der Waals surface area contributed by atoms with E-state index in [4.69, 9.17) is 0 Å². The van der Waals surface area contributed by atoms with Gasteiger partial charge in [0.2, 0.25) is 0 Å². The average Bonchev–Trinajstić information content (AvgIpc) is 2.78. The summed E-state index contributed by atoms with van der Waals surface area (Å²) in [6.45, 7) is 6.39. The van der Waals surface area contributed by atoms with E-state index < -0.39 is 0 Å². The lowest BCUT2D eigenvalue weighted by Gasteiger charge is -2.23. The second-order valence-electron chi connectivity index (χ2n) is 5.12. The van der Waals surface area contributed by atoms with Crippen LogP contribution in [-0.2, 0) is 0 Å². The Morgan fingerprint density at radius 3 is 2.88 bits per heavy atom. The van der Waals surface area contributed by atoms with Crippen LogP contribution in [0.15, 0.2) is 24.3 Å². The van der Waals surface area contributed by atoms with Crippen LogP contribution >= 0.6 is 0 Å². The number of nitrogens with zero attached hydrogens (tertiary/aromatic N) is 1. The highest BCUT2D eigenvalue weighted by Gasteiger charge is 2.23. The summed E-state index contributed by atoms with van der Waals surface area (Å²) >= 11 is 0. The maximum atomic E-state index is 9.81. The first kappa shape index (κ1) is 12.4. The molecule has 2 nitrogen and oxygen atoms in total. The molecule has 0 spiro atoms. The number of para-hydroxylation sites is 1. The van der Waals surface area contributed by atoms with Gasteiger partial charge in [-0.2, -0.15) is 0 Å². The van der Waals surface area contributed by atoms with E-state index in [2.05, 4.69) is 24.0 Å². The van der Waals surface area contributed by atoms with Crippen molar-refractivity contribution >= 4 is 5.69 Å². The molecule has 1 aromatic rings. The van der Waals surface area contributed by atoms with E-state index in [1.165, 1.54) is 24.9 Å². The fourth-order valence-corrected chi connectivity index (χ4v) is 2.82. The Morgan fingerprint density at radius 2 is 2.18 bits per heavy atom. The molecule has 2 atom stereocenters. The van der Waals surface area contributed by atoms with Crippen LogP contribution in [0.3, 0.4) is 0 Å². The molecule has 2 rings (SSSR count). The number of aliphatic hydroxyl groups excluding tert-OH is 1. The molecule has 1 aromatic carbocycles. The first-order valence-corrected chi connectivity index (χ1v) is 6.74. The molecule has 2 heteroatoms. The van der Waals surface area contributed by atoms with Crippen LogP contribution in [0.2, 0.25) is 0 Å². The van der Waals surface area contributed by atoms with E-state index in [9.17, 15) is 5.11 Å². The summed E-state index contributed by atoms with van der Waals surface area (Å²) in [6, 6.07) is 8.24. The summed E-state index contributed by atoms with van der Waals surface area (Å²) < 4.78 is 0. The minimum absolute atomic E-state index is 0.378. The van der Waals surface area contributed by atoms with Gasteiger partial charge in [0.05, 0.1) is 6.10 Å². The monoisotopic (exact) mass is 233 g/mol. The third-order valence-electron chi connectivity index (χ3n) is 3.71. The largest absolute Gasteiger partial charge is 0.389 e. The van der Waals surface area contributed by atoms with Crippen LogP contribution < -0.4 is 4.90 Å². The predicted molar refractivity (Wildman–Crippen MR) is 72.3 cm³/mol. The second-order valence-corrected chi connectivity index (χ2v) is 5.12. The smallest absolute Gasteiger partial charge is 0.0781 e. The lowest BCUT2D eigenvalue weighted by Crippen LogP contribution is -2.21. The van der Waals surface area contributed by atoms with Crippen molar-refractivity contribution < 1.29 is 5.11 Å². The second kappa shape index (κ2) is 5.54. The number of benzene rings is 1. The van der Waals surface area contributed by atoms with Crippen LogP contribution in [-0.4, -0.2) is 18.2 Å². The zero-order valence-electron chi connectivity index (χ0n) is 10.9. The van der Waals surface area contributed by atoms with Gasteiger partial charge < -0.3 is 10.0 Å². The molecule has 0 bridgehead atoms. The lowest BCUT2D eigenvalue weighted by atomic mass is 10.0. The van der Waals surface area contributed by atoms with Crippen LogP contribution in [0.5, 0.6) is 0 Å². The van der Waals surface area contributed by atoms with E-state index in [1.807, 2.05) is 19.1 Å². The minimum atomic E-state index is -0.378. The number of hydrogen-bond acceptors (Lipinski definition) is 2. The van der Waals surface area contributed by atoms with Crippen molar-refractivity contribution in [3.8, 4) is 0 Å². The van der Waals surface area contributed by atoms with Crippen molar-refractivity contribution in [1.29, 1.82) is 0 Å². The summed E-state index contributed by atoms with van der Waals surface area (Å²) in [6.07, 6.45) is 3.52. The number of rotatable bonds is 4. The van der Waals surface area contributed by atoms with Crippen LogP contribution in [0.4, 0.5) is 5.69 Å². The maximum absolute atomic E-state index is 9.81. The van der Waals surface area contributed by atoms with Crippen molar-refractivity contribution in [2.24, 2.45) is 5.92 Å². The molecule has 1 fully saturated rings.